The first-order valence-corrected chi connectivity index (χ1v) is 9.96. The second-order valence-electron chi connectivity index (χ2n) is 7.49. The molecule has 7 heteroatoms. The van der Waals surface area contributed by atoms with Crippen LogP contribution in [-0.4, -0.2) is 68.5 Å². The molecule has 2 aromatic carbocycles. The number of aliphatic hydroxyl groups excluding tert-OH is 1. The average molecular weight is 397 g/mol. The fourth-order valence-electron chi connectivity index (χ4n) is 3.82. The van der Waals surface area contributed by atoms with Gasteiger partial charge in [-0.1, -0.05) is 0 Å². The van der Waals surface area contributed by atoms with Crippen molar-refractivity contribution in [2.45, 2.75) is 12.5 Å². The number of methoxy groups -OCH3 is 1. The quantitative estimate of drug-likeness (QED) is 0.742. The lowest BCUT2D eigenvalue weighted by Crippen LogP contribution is -2.49. The number of β-amino-alcohol motifs (C(OH)–C–C–N with tert-alkyl or cyclic N) is 1. The minimum Gasteiger partial charge on any atom is -0.497 e. The summed E-state index contributed by atoms with van der Waals surface area (Å²) in [5, 5.41) is 13.2. The van der Waals surface area contributed by atoms with Gasteiger partial charge in [0.2, 0.25) is 5.91 Å². The number of carbonyl (C=O) groups is 1. The lowest BCUT2D eigenvalue weighted by molar-refractivity contribution is -0.115. The van der Waals surface area contributed by atoms with E-state index in [0.29, 0.717) is 18.7 Å². The van der Waals surface area contributed by atoms with Crippen molar-refractivity contribution in [3.63, 3.8) is 0 Å². The minimum absolute atomic E-state index is 0.00553. The number of benzene rings is 2. The van der Waals surface area contributed by atoms with Crippen LogP contribution >= 0.6 is 0 Å². The van der Waals surface area contributed by atoms with Gasteiger partial charge in [0.05, 0.1) is 13.5 Å². The summed E-state index contributed by atoms with van der Waals surface area (Å²) >= 11 is 0. The molecule has 2 aliphatic heterocycles. The summed E-state index contributed by atoms with van der Waals surface area (Å²) in [7, 11) is 1.67. The second kappa shape index (κ2) is 8.71. The molecule has 0 bridgehead atoms. The Bertz CT molecular complexity index is 848. The highest BCUT2D eigenvalue weighted by molar-refractivity contribution is 5.99. The number of ether oxygens (including phenoxy) is 2. The van der Waals surface area contributed by atoms with Crippen molar-refractivity contribution in [1.82, 2.24) is 4.90 Å². The Labute approximate surface area is 170 Å². The third-order valence-corrected chi connectivity index (χ3v) is 5.42. The first-order chi connectivity index (χ1) is 14.1. The lowest BCUT2D eigenvalue weighted by atomic mass is 10.1. The van der Waals surface area contributed by atoms with Crippen LogP contribution in [0.3, 0.4) is 0 Å². The number of nitrogens with one attached hydrogen (secondary N) is 1. The van der Waals surface area contributed by atoms with E-state index in [4.69, 9.17) is 9.47 Å². The van der Waals surface area contributed by atoms with Crippen molar-refractivity contribution in [3.05, 3.63) is 48.0 Å². The van der Waals surface area contributed by atoms with Crippen molar-refractivity contribution in [2.24, 2.45) is 0 Å². The maximum absolute atomic E-state index is 11.4. The topological polar surface area (TPSA) is 74.3 Å². The Morgan fingerprint density at radius 3 is 2.52 bits per heavy atom. The summed E-state index contributed by atoms with van der Waals surface area (Å²) in [5.74, 6) is 1.55. The van der Waals surface area contributed by atoms with Crippen LogP contribution in [-0.2, 0) is 11.2 Å². The molecule has 0 aromatic heterocycles. The predicted molar refractivity (Wildman–Crippen MR) is 112 cm³/mol. The molecule has 2 aromatic rings. The second-order valence-corrected chi connectivity index (χ2v) is 7.49. The summed E-state index contributed by atoms with van der Waals surface area (Å²) in [6, 6.07) is 13.7. The van der Waals surface area contributed by atoms with Gasteiger partial charge in [0, 0.05) is 44.1 Å². The number of piperazine rings is 1. The van der Waals surface area contributed by atoms with Crippen molar-refractivity contribution >= 4 is 17.3 Å². The zero-order valence-corrected chi connectivity index (χ0v) is 16.6. The molecule has 29 heavy (non-hydrogen) atoms. The number of aliphatic hydroxyl groups is 1. The van der Waals surface area contributed by atoms with E-state index >= 15 is 0 Å². The highest BCUT2D eigenvalue weighted by Crippen LogP contribution is 2.27. The molecule has 0 saturated carbocycles. The third-order valence-electron chi connectivity index (χ3n) is 5.42. The number of rotatable bonds is 7. The normalized spacial score (nSPS) is 17.6. The van der Waals surface area contributed by atoms with Crippen LogP contribution in [0.2, 0.25) is 0 Å². The molecule has 2 N–H and O–H groups in total. The standard InChI is InChI=1S/C22H27N3O4/c1-28-19-4-2-17(3-5-19)25-10-8-24(9-11-25)14-18(26)15-29-20-6-7-21-16(12-20)13-22(27)23-21/h2-7,12,18,26H,8-11,13-15H2,1H3,(H,23,27). The maximum atomic E-state index is 11.4. The van der Waals surface area contributed by atoms with Gasteiger partial charge >= 0.3 is 0 Å². The first-order valence-electron chi connectivity index (χ1n) is 9.96. The largest absolute Gasteiger partial charge is 0.497 e. The number of anilines is 2. The molecule has 4 rings (SSSR count). The van der Waals surface area contributed by atoms with Gasteiger partial charge in [0.1, 0.15) is 24.2 Å². The molecule has 0 spiro atoms. The summed E-state index contributed by atoms with van der Waals surface area (Å²) in [6.07, 6.45) is -0.177. The lowest BCUT2D eigenvalue weighted by Gasteiger charge is -2.36. The Hall–Kier alpha value is -2.77. The van der Waals surface area contributed by atoms with Crippen molar-refractivity contribution in [2.75, 3.05) is 56.7 Å². The molecule has 1 unspecified atom stereocenters. The number of nitrogens with zero attached hydrogens (tertiary/aromatic N) is 2. The molecule has 1 amide bonds. The average Bonchev–Trinajstić information content (AvgIpc) is 3.12. The van der Waals surface area contributed by atoms with Crippen LogP contribution in [0.1, 0.15) is 5.56 Å². The Balaban J connectivity index is 1.21. The molecule has 154 valence electrons. The monoisotopic (exact) mass is 397 g/mol. The molecule has 1 saturated heterocycles. The third kappa shape index (κ3) is 4.81. The van der Waals surface area contributed by atoms with Gasteiger partial charge in [0.25, 0.3) is 0 Å². The van der Waals surface area contributed by atoms with E-state index in [9.17, 15) is 9.90 Å². The molecule has 2 heterocycles. The molecule has 0 aliphatic carbocycles. The number of amides is 1. The van der Waals surface area contributed by atoms with E-state index in [1.165, 1.54) is 5.69 Å². The highest BCUT2D eigenvalue weighted by Gasteiger charge is 2.21. The fraction of sp³-hybridized carbons (Fsp3) is 0.409. The van der Waals surface area contributed by atoms with Gasteiger partial charge in [-0.2, -0.15) is 0 Å². The molecule has 0 radical (unpaired) electrons. The van der Waals surface area contributed by atoms with Gasteiger partial charge < -0.3 is 24.8 Å². The van der Waals surface area contributed by atoms with E-state index < -0.39 is 6.10 Å². The summed E-state index contributed by atoms with van der Waals surface area (Å²) < 4.78 is 11.0. The molecular weight excluding hydrogens is 370 g/mol. The number of hydrogen-bond donors (Lipinski definition) is 2. The summed E-state index contributed by atoms with van der Waals surface area (Å²) in [4.78, 5) is 16.0. The van der Waals surface area contributed by atoms with Gasteiger partial charge in [-0.25, -0.2) is 0 Å². The van der Waals surface area contributed by atoms with E-state index in [1.807, 2.05) is 30.3 Å². The number of hydrogen-bond acceptors (Lipinski definition) is 6. The molecule has 7 nitrogen and oxygen atoms in total. The first kappa shape index (κ1) is 19.5. The number of fused-ring (bicyclic) bond motifs is 1. The van der Waals surface area contributed by atoms with Crippen LogP contribution in [0, 0.1) is 0 Å². The molecular formula is C22H27N3O4. The van der Waals surface area contributed by atoms with E-state index in [1.54, 1.807) is 7.11 Å². The van der Waals surface area contributed by atoms with Gasteiger partial charge in [-0.05, 0) is 48.0 Å². The van der Waals surface area contributed by atoms with Crippen molar-refractivity contribution < 1.29 is 19.4 Å². The van der Waals surface area contributed by atoms with Crippen molar-refractivity contribution in [1.29, 1.82) is 0 Å². The van der Waals surface area contributed by atoms with E-state index in [2.05, 4.69) is 27.2 Å². The van der Waals surface area contributed by atoms with Crippen LogP contribution in [0.5, 0.6) is 11.5 Å². The molecule has 1 fully saturated rings. The van der Waals surface area contributed by atoms with Crippen LogP contribution in [0.4, 0.5) is 11.4 Å². The van der Waals surface area contributed by atoms with Crippen LogP contribution < -0.4 is 19.7 Å². The Morgan fingerprint density at radius 2 is 1.79 bits per heavy atom. The highest BCUT2D eigenvalue weighted by atomic mass is 16.5. The zero-order chi connectivity index (χ0) is 20.2. The Morgan fingerprint density at radius 1 is 1.07 bits per heavy atom. The van der Waals surface area contributed by atoms with E-state index in [-0.39, 0.29) is 12.5 Å². The maximum Gasteiger partial charge on any atom is 0.228 e. The SMILES string of the molecule is COc1ccc(N2CCN(CC(O)COc3ccc4c(c3)CC(=O)N4)CC2)cc1. The van der Waals surface area contributed by atoms with Crippen LogP contribution in [0.25, 0.3) is 0 Å². The smallest absolute Gasteiger partial charge is 0.228 e. The predicted octanol–water partition coefficient (Wildman–Crippen LogP) is 1.75. The summed E-state index contributed by atoms with van der Waals surface area (Å²) in [5.41, 5.74) is 2.98. The van der Waals surface area contributed by atoms with Crippen molar-refractivity contribution in [3.8, 4) is 11.5 Å². The molecule has 1 atom stereocenters. The fourth-order valence-corrected chi connectivity index (χ4v) is 3.82. The molecule has 2 aliphatic rings. The van der Waals surface area contributed by atoms with E-state index in [0.717, 1.165) is 43.2 Å². The summed E-state index contributed by atoms with van der Waals surface area (Å²) in [6.45, 7) is 4.46. The Kier molecular flexibility index (Phi) is 5.87. The zero-order valence-electron chi connectivity index (χ0n) is 16.6. The minimum atomic E-state index is -0.560. The van der Waals surface area contributed by atoms with Gasteiger partial charge in [-0.15, -0.1) is 0 Å². The number of carbonyl (C=O) groups excluding carboxylic acids is 1. The van der Waals surface area contributed by atoms with Gasteiger partial charge in [0.15, 0.2) is 0 Å². The van der Waals surface area contributed by atoms with Crippen LogP contribution in [0.15, 0.2) is 42.5 Å². The van der Waals surface area contributed by atoms with Gasteiger partial charge in [-0.3, -0.25) is 9.69 Å².